The zero-order valence-corrected chi connectivity index (χ0v) is 16.0. The number of hydrogen-bond acceptors (Lipinski definition) is 6. The topological polar surface area (TPSA) is 74.2 Å². The van der Waals surface area contributed by atoms with Gasteiger partial charge in [0.2, 0.25) is 5.82 Å². The van der Waals surface area contributed by atoms with Gasteiger partial charge in [-0.1, -0.05) is 45.1 Å². The van der Waals surface area contributed by atoms with Gasteiger partial charge in [-0.3, -0.25) is 0 Å². The zero-order chi connectivity index (χ0) is 19.0. The molecule has 9 heteroatoms. The third-order valence-electron chi connectivity index (χ3n) is 3.75. The summed E-state index contributed by atoms with van der Waals surface area (Å²) in [5, 5.41) is 9.45. The summed E-state index contributed by atoms with van der Waals surface area (Å²) in [5.41, 5.74) is 1.62. The molecule has 0 N–H and O–H groups in total. The summed E-state index contributed by atoms with van der Waals surface area (Å²) < 4.78 is 16.0. The van der Waals surface area contributed by atoms with Crippen molar-refractivity contribution in [3.63, 3.8) is 0 Å². The second-order valence-electron chi connectivity index (χ2n) is 5.47. The summed E-state index contributed by atoms with van der Waals surface area (Å²) in [6.45, 7) is 0. The highest BCUT2D eigenvalue weighted by Gasteiger charge is 2.19. The van der Waals surface area contributed by atoms with E-state index in [-0.39, 0.29) is 5.89 Å². The fourth-order valence-corrected chi connectivity index (χ4v) is 3.16. The Balaban J connectivity index is 1.69. The van der Waals surface area contributed by atoms with Gasteiger partial charge in [0.15, 0.2) is 11.5 Å². The number of benzene rings is 2. The molecule has 0 aliphatic heterocycles. The van der Waals surface area contributed by atoms with Crippen molar-refractivity contribution in [3.8, 4) is 40.0 Å². The van der Waals surface area contributed by atoms with Gasteiger partial charge < -0.3 is 13.8 Å². The van der Waals surface area contributed by atoms with Crippen LogP contribution in [0.3, 0.4) is 0 Å². The number of aromatic nitrogens is 3. The van der Waals surface area contributed by atoms with Crippen LogP contribution in [0.2, 0.25) is 15.1 Å². The summed E-state index contributed by atoms with van der Waals surface area (Å²) in [5.74, 6) is 1.53. The molecule has 0 unspecified atom stereocenters. The van der Waals surface area contributed by atoms with Gasteiger partial charge in [-0.2, -0.15) is 4.98 Å². The molecule has 0 amide bonds. The van der Waals surface area contributed by atoms with Gasteiger partial charge in [0, 0.05) is 21.7 Å². The van der Waals surface area contributed by atoms with Crippen LogP contribution >= 0.6 is 34.8 Å². The molecule has 4 rings (SSSR count). The Bertz CT molecular complexity index is 1120. The molecule has 136 valence electrons. The SMILES string of the molecule is COc1ccc(Cl)cc1-c1noc(-c2cc(-c3ccc(Cl)cc3Cl)on2)n1. The second kappa shape index (κ2) is 7.23. The summed E-state index contributed by atoms with van der Waals surface area (Å²) in [7, 11) is 1.55. The fourth-order valence-electron chi connectivity index (χ4n) is 2.48. The molecule has 2 aromatic heterocycles. The van der Waals surface area contributed by atoms with Crippen LogP contribution < -0.4 is 4.74 Å². The highest BCUT2D eigenvalue weighted by Crippen LogP contribution is 2.34. The Kier molecular flexibility index (Phi) is 4.78. The molecule has 0 aliphatic carbocycles. The average Bonchev–Trinajstić information content (AvgIpc) is 3.31. The van der Waals surface area contributed by atoms with Crippen molar-refractivity contribution in [2.45, 2.75) is 0 Å². The normalized spacial score (nSPS) is 11.0. The smallest absolute Gasteiger partial charge is 0.280 e. The van der Waals surface area contributed by atoms with Crippen molar-refractivity contribution in [3.05, 3.63) is 57.5 Å². The molecule has 4 aromatic rings. The zero-order valence-electron chi connectivity index (χ0n) is 13.7. The van der Waals surface area contributed by atoms with Crippen LogP contribution in [-0.2, 0) is 0 Å². The van der Waals surface area contributed by atoms with Crippen LogP contribution in [0, 0.1) is 0 Å². The lowest BCUT2D eigenvalue weighted by atomic mass is 10.1. The van der Waals surface area contributed by atoms with E-state index in [0.717, 1.165) is 0 Å². The minimum absolute atomic E-state index is 0.187. The minimum atomic E-state index is 0.187. The minimum Gasteiger partial charge on any atom is -0.496 e. The summed E-state index contributed by atoms with van der Waals surface area (Å²) in [6, 6.07) is 11.9. The van der Waals surface area contributed by atoms with Crippen molar-refractivity contribution in [1.82, 2.24) is 15.3 Å². The van der Waals surface area contributed by atoms with Crippen molar-refractivity contribution >= 4 is 34.8 Å². The average molecular weight is 423 g/mol. The second-order valence-corrected chi connectivity index (χ2v) is 6.75. The molecule has 0 spiro atoms. The Morgan fingerprint density at radius 2 is 1.63 bits per heavy atom. The summed E-state index contributed by atoms with van der Waals surface area (Å²) >= 11 is 18.2. The maximum atomic E-state index is 6.20. The third kappa shape index (κ3) is 3.51. The number of rotatable bonds is 4. The Labute approximate surface area is 168 Å². The molecule has 6 nitrogen and oxygen atoms in total. The Morgan fingerprint density at radius 3 is 2.41 bits per heavy atom. The van der Waals surface area contributed by atoms with Crippen LogP contribution in [0.5, 0.6) is 5.75 Å². The van der Waals surface area contributed by atoms with Crippen LogP contribution in [0.25, 0.3) is 34.3 Å². The molecule has 0 saturated carbocycles. The maximum Gasteiger partial charge on any atom is 0.280 e. The molecule has 0 saturated heterocycles. The van der Waals surface area contributed by atoms with Gasteiger partial charge in [-0.25, -0.2) is 0 Å². The van der Waals surface area contributed by atoms with E-state index in [9.17, 15) is 0 Å². The van der Waals surface area contributed by atoms with Crippen LogP contribution in [0.1, 0.15) is 0 Å². The first-order valence-corrected chi connectivity index (χ1v) is 8.78. The largest absolute Gasteiger partial charge is 0.496 e. The van der Waals surface area contributed by atoms with Crippen molar-refractivity contribution in [1.29, 1.82) is 0 Å². The molecule has 2 aromatic carbocycles. The van der Waals surface area contributed by atoms with E-state index >= 15 is 0 Å². The van der Waals surface area contributed by atoms with E-state index in [1.54, 1.807) is 49.6 Å². The Morgan fingerprint density at radius 1 is 0.852 bits per heavy atom. The predicted octanol–water partition coefficient (Wildman–Crippen LogP) is 6.03. The lowest BCUT2D eigenvalue weighted by molar-refractivity contribution is 0.408. The first-order chi connectivity index (χ1) is 13.0. The van der Waals surface area contributed by atoms with Crippen LogP contribution in [0.15, 0.2) is 51.5 Å². The van der Waals surface area contributed by atoms with Gasteiger partial charge in [0.05, 0.1) is 17.7 Å². The van der Waals surface area contributed by atoms with Gasteiger partial charge in [0.25, 0.3) is 5.89 Å². The maximum absolute atomic E-state index is 6.20. The van der Waals surface area contributed by atoms with Gasteiger partial charge >= 0.3 is 0 Å². The summed E-state index contributed by atoms with van der Waals surface area (Å²) in [6.07, 6.45) is 0. The molecule has 0 radical (unpaired) electrons. The van der Waals surface area contributed by atoms with Gasteiger partial charge in [-0.05, 0) is 36.4 Å². The molecule has 2 heterocycles. The van der Waals surface area contributed by atoms with E-state index in [1.165, 1.54) is 0 Å². The molecular formula is C18H10Cl3N3O3. The highest BCUT2D eigenvalue weighted by molar-refractivity contribution is 6.36. The van der Waals surface area contributed by atoms with E-state index in [0.29, 0.717) is 49.2 Å². The molecule has 0 atom stereocenters. The van der Waals surface area contributed by atoms with E-state index < -0.39 is 0 Å². The number of nitrogens with zero attached hydrogens (tertiary/aromatic N) is 3. The van der Waals surface area contributed by atoms with E-state index in [4.69, 9.17) is 48.6 Å². The predicted molar refractivity (Wildman–Crippen MR) is 102 cm³/mol. The quantitative estimate of drug-likeness (QED) is 0.400. The van der Waals surface area contributed by atoms with Crippen molar-refractivity contribution < 1.29 is 13.8 Å². The standard InChI is InChI=1S/C18H10Cl3N3O3/c1-25-15-5-3-9(19)6-12(15)17-22-18(27-24-17)14-8-16(26-23-14)11-4-2-10(20)7-13(11)21/h2-8H,1H3. The van der Waals surface area contributed by atoms with Gasteiger partial charge in [-0.15, -0.1) is 0 Å². The van der Waals surface area contributed by atoms with E-state index in [2.05, 4.69) is 15.3 Å². The monoisotopic (exact) mass is 421 g/mol. The third-order valence-corrected chi connectivity index (χ3v) is 4.54. The van der Waals surface area contributed by atoms with E-state index in [1.807, 2.05) is 0 Å². The number of hydrogen-bond donors (Lipinski definition) is 0. The van der Waals surface area contributed by atoms with Crippen molar-refractivity contribution in [2.24, 2.45) is 0 Å². The number of halogens is 3. The van der Waals surface area contributed by atoms with Crippen LogP contribution in [0.4, 0.5) is 0 Å². The highest BCUT2D eigenvalue weighted by atomic mass is 35.5. The molecule has 27 heavy (non-hydrogen) atoms. The number of methoxy groups -OCH3 is 1. The Hall–Kier alpha value is -2.54. The van der Waals surface area contributed by atoms with Crippen molar-refractivity contribution in [2.75, 3.05) is 7.11 Å². The fraction of sp³-hybridized carbons (Fsp3) is 0.0556. The summed E-state index contributed by atoms with van der Waals surface area (Å²) in [4.78, 5) is 4.35. The lowest BCUT2D eigenvalue weighted by Crippen LogP contribution is -1.89. The molecule has 0 fully saturated rings. The van der Waals surface area contributed by atoms with Crippen LogP contribution in [-0.4, -0.2) is 22.4 Å². The molecule has 0 bridgehead atoms. The van der Waals surface area contributed by atoms with Gasteiger partial charge in [0.1, 0.15) is 5.75 Å². The first kappa shape index (κ1) is 17.9. The lowest BCUT2D eigenvalue weighted by Gasteiger charge is -2.04. The first-order valence-electron chi connectivity index (χ1n) is 7.65. The molecular weight excluding hydrogens is 413 g/mol. The molecule has 0 aliphatic rings. The number of ether oxygens (including phenoxy) is 1.